The van der Waals surface area contributed by atoms with Crippen LogP contribution in [-0.2, 0) is 0 Å². The van der Waals surface area contributed by atoms with E-state index in [1.165, 1.54) is 13.0 Å². The highest BCUT2D eigenvalue weighted by atomic mass is 32.2. The van der Waals surface area contributed by atoms with Crippen LogP contribution in [0.2, 0.25) is 0 Å². The van der Waals surface area contributed by atoms with E-state index >= 15 is 0 Å². The predicted octanol–water partition coefficient (Wildman–Crippen LogP) is 2.23. The minimum atomic E-state index is 1.10. The van der Waals surface area contributed by atoms with E-state index < -0.39 is 0 Å². The van der Waals surface area contributed by atoms with Crippen LogP contribution in [0.1, 0.15) is 27.2 Å². The Labute approximate surface area is 75.2 Å². The van der Waals surface area contributed by atoms with Crippen molar-refractivity contribution in [3.8, 4) is 0 Å². The van der Waals surface area contributed by atoms with Gasteiger partial charge in [0.1, 0.15) is 0 Å². The summed E-state index contributed by atoms with van der Waals surface area (Å²) in [7, 11) is 2.13. The highest BCUT2D eigenvalue weighted by Gasteiger charge is 2.03. The molecule has 2 nitrogen and oxygen atoms in total. The molecule has 0 atom stereocenters. The zero-order chi connectivity index (χ0) is 8.69. The fourth-order valence-corrected chi connectivity index (χ4v) is 1.65. The highest BCUT2D eigenvalue weighted by Crippen LogP contribution is 2.12. The van der Waals surface area contributed by atoms with Crippen LogP contribution in [0.3, 0.4) is 0 Å². The fraction of sp³-hybridized carbons (Fsp3) is 1.00. The van der Waals surface area contributed by atoms with Gasteiger partial charge in [-0.2, -0.15) is 0 Å². The SMILES string of the molecule is CCCN(CC)SN(C)CC. The fourth-order valence-electron chi connectivity index (χ4n) is 0.761. The van der Waals surface area contributed by atoms with Gasteiger partial charge in [0.15, 0.2) is 0 Å². The summed E-state index contributed by atoms with van der Waals surface area (Å²) in [5, 5.41) is 0. The summed E-state index contributed by atoms with van der Waals surface area (Å²) in [5.74, 6) is 0. The van der Waals surface area contributed by atoms with Crippen LogP contribution in [0.5, 0.6) is 0 Å². The molecule has 0 aromatic carbocycles. The van der Waals surface area contributed by atoms with Gasteiger partial charge in [-0.1, -0.05) is 20.8 Å². The third kappa shape index (κ3) is 5.53. The number of rotatable bonds is 6. The zero-order valence-corrected chi connectivity index (χ0v) is 8.95. The van der Waals surface area contributed by atoms with Crippen LogP contribution >= 0.6 is 12.1 Å². The molecule has 0 radical (unpaired) electrons. The van der Waals surface area contributed by atoms with E-state index in [0.717, 1.165) is 13.1 Å². The molecular formula is C8H20N2S. The molecule has 0 aliphatic rings. The van der Waals surface area contributed by atoms with E-state index in [2.05, 4.69) is 36.4 Å². The van der Waals surface area contributed by atoms with E-state index in [4.69, 9.17) is 0 Å². The van der Waals surface area contributed by atoms with E-state index in [0.29, 0.717) is 0 Å². The van der Waals surface area contributed by atoms with Gasteiger partial charge in [0.2, 0.25) is 0 Å². The normalized spacial score (nSPS) is 11.5. The average Bonchev–Trinajstić information content (AvgIpc) is 2.03. The highest BCUT2D eigenvalue weighted by molar-refractivity contribution is 7.94. The van der Waals surface area contributed by atoms with E-state index in [1.807, 2.05) is 12.1 Å². The molecule has 11 heavy (non-hydrogen) atoms. The molecule has 0 saturated heterocycles. The van der Waals surface area contributed by atoms with Gasteiger partial charge in [-0.05, 0) is 13.5 Å². The van der Waals surface area contributed by atoms with E-state index in [1.54, 1.807) is 0 Å². The van der Waals surface area contributed by atoms with Crippen molar-refractivity contribution in [2.75, 3.05) is 26.7 Å². The summed E-state index contributed by atoms with van der Waals surface area (Å²) < 4.78 is 4.63. The first-order valence-corrected chi connectivity index (χ1v) is 5.11. The van der Waals surface area contributed by atoms with Crippen molar-refractivity contribution in [1.29, 1.82) is 0 Å². The van der Waals surface area contributed by atoms with Crippen molar-refractivity contribution in [2.24, 2.45) is 0 Å². The maximum absolute atomic E-state index is 2.38. The van der Waals surface area contributed by atoms with Crippen molar-refractivity contribution in [2.45, 2.75) is 27.2 Å². The number of nitrogens with zero attached hydrogens (tertiary/aromatic N) is 2. The van der Waals surface area contributed by atoms with Gasteiger partial charge in [-0.3, -0.25) is 0 Å². The second-order valence-electron chi connectivity index (χ2n) is 2.55. The lowest BCUT2D eigenvalue weighted by molar-refractivity contribution is 0.460. The van der Waals surface area contributed by atoms with Crippen LogP contribution in [0.15, 0.2) is 0 Å². The van der Waals surface area contributed by atoms with Crippen LogP contribution in [0.4, 0.5) is 0 Å². The van der Waals surface area contributed by atoms with Crippen LogP contribution in [0.25, 0.3) is 0 Å². The second kappa shape index (κ2) is 6.95. The average molecular weight is 176 g/mol. The zero-order valence-electron chi connectivity index (χ0n) is 8.13. The first-order chi connectivity index (χ1) is 5.24. The van der Waals surface area contributed by atoms with E-state index in [-0.39, 0.29) is 0 Å². The summed E-state index contributed by atoms with van der Waals surface area (Å²) in [4.78, 5) is 0. The van der Waals surface area contributed by atoms with Gasteiger partial charge >= 0.3 is 0 Å². The lowest BCUT2D eigenvalue weighted by Crippen LogP contribution is -2.23. The van der Waals surface area contributed by atoms with Gasteiger partial charge in [0, 0.05) is 31.8 Å². The van der Waals surface area contributed by atoms with Gasteiger partial charge < -0.3 is 0 Å². The molecule has 0 bridgehead atoms. The predicted molar refractivity (Wildman–Crippen MR) is 53.4 cm³/mol. The summed E-state index contributed by atoms with van der Waals surface area (Å²) >= 11 is 1.84. The summed E-state index contributed by atoms with van der Waals surface area (Å²) in [5.41, 5.74) is 0. The standard InChI is InChI=1S/C8H20N2S/c1-5-8-10(7-3)11-9(4)6-2/h5-8H2,1-4H3. The Bertz CT molecular complexity index is 88.2. The lowest BCUT2D eigenvalue weighted by atomic mass is 10.5. The smallest absolute Gasteiger partial charge is 0.00986 e. The molecule has 3 heteroatoms. The molecule has 0 saturated carbocycles. The van der Waals surface area contributed by atoms with Crippen LogP contribution in [0, 0.1) is 0 Å². The molecule has 0 fully saturated rings. The summed E-state index contributed by atoms with van der Waals surface area (Å²) in [6, 6.07) is 0. The first-order valence-electron chi connectivity index (χ1n) is 4.38. The molecule has 68 valence electrons. The summed E-state index contributed by atoms with van der Waals surface area (Å²) in [6.07, 6.45) is 1.23. The third-order valence-corrected chi connectivity index (χ3v) is 2.73. The van der Waals surface area contributed by atoms with Crippen molar-refractivity contribution < 1.29 is 0 Å². The lowest BCUT2D eigenvalue weighted by Gasteiger charge is -2.23. The molecule has 0 aliphatic carbocycles. The van der Waals surface area contributed by atoms with Crippen molar-refractivity contribution in [1.82, 2.24) is 8.61 Å². The molecule has 0 aliphatic heterocycles. The van der Waals surface area contributed by atoms with Gasteiger partial charge in [0.25, 0.3) is 0 Å². The molecule has 0 unspecified atom stereocenters. The minimum Gasteiger partial charge on any atom is -0.241 e. The molecule has 0 rings (SSSR count). The molecule has 0 amide bonds. The molecule has 0 N–H and O–H groups in total. The van der Waals surface area contributed by atoms with Crippen molar-refractivity contribution in [3.05, 3.63) is 0 Å². The molecule has 0 heterocycles. The van der Waals surface area contributed by atoms with Gasteiger partial charge in [0.05, 0.1) is 0 Å². The molecule has 0 aromatic rings. The summed E-state index contributed by atoms with van der Waals surface area (Å²) in [6.45, 7) is 10.0. The number of hydrogen-bond acceptors (Lipinski definition) is 3. The van der Waals surface area contributed by atoms with Crippen molar-refractivity contribution >= 4 is 12.1 Å². The largest absolute Gasteiger partial charge is 0.241 e. The Kier molecular flexibility index (Phi) is 7.12. The van der Waals surface area contributed by atoms with E-state index in [9.17, 15) is 0 Å². The molecule has 0 aromatic heterocycles. The first kappa shape index (κ1) is 11.3. The maximum atomic E-state index is 2.38. The quantitative estimate of drug-likeness (QED) is 0.573. The second-order valence-corrected chi connectivity index (χ2v) is 3.85. The van der Waals surface area contributed by atoms with Crippen LogP contribution in [-0.4, -0.2) is 35.3 Å². The monoisotopic (exact) mass is 176 g/mol. The minimum absolute atomic E-state index is 1.10. The molecule has 0 spiro atoms. The Balaban J connectivity index is 3.49. The Morgan fingerprint density at radius 1 is 1.09 bits per heavy atom. The Hall–Kier alpha value is 0.270. The Morgan fingerprint density at radius 2 is 1.73 bits per heavy atom. The van der Waals surface area contributed by atoms with Crippen LogP contribution < -0.4 is 0 Å². The molecular weight excluding hydrogens is 156 g/mol. The topological polar surface area (TPSA) is 6.48 Å². The van der Waals surface area contributed by atoms with Gasteiger partial charge in [-0.25, -0.2) is 8.61 Å². The third-order valence-electron chi connectivity index (χ3n) is 1.53. The maximum Gasteiger partial charge on any atom is 0.00986 e. The Morgan fingerprint density at radius 3 is 2.09 bits per heavy atom. The number of hydrogen-bond donors (Lipinski definition) is 0. The van der Waals surface area contributed by atoms with Gasteiger partial charge in [-0.15, -0.1) is 0 Å². The van der Waals surface area contributed by atoms with Crippen molar-refractivity contribution in [3.63, 3.8) is 0 Å².